The monoisotopic (exact) mass is 288 g/mol. The fraction of sp³-hybridized carbons (Fsp3) is 0.667. The Kier molecular flexibility index (Phi) is 4.23. The third kappa shape index (κ3) is 2.58. The quantitative estimate of drug-likeness (QED) is 0.929. The number of benzene rings is 1. The second-order valence-corrected chi connectivity index (χ2v) is 6.76. The van der Waals surface area contributed by atoms with Gasteiger partial charge in [0.2, 0.25) is 0 Å². The lowest BCUT2D eigenvalue weighted by Crippen LogP contribution is -2.22. The summed E-state index contributed by atoms with van der Waals surface area (Å²) in [6, 6.07) is 2.76. The van der Waals surface area contributed by atoms with Crippen LogP contribution in [-0.2, 0) is 12.8 Å². The summed E-state index contributed by atoms with van der Waals surface area (Å²) in [5.41, 5.74) is 11.9. The molecule has 2 aliphatic rings. The Morgan fingerprint density at radius 2 is 2.10 bits per heavy atom. The van der Waals surface area contributed by atoms with Crippen LogP contribution in [0.25, 0.3) is 0 Å². The predicted molar refractivity (Wildman–Crippen MR) is 86.9 cm³/mol. The minimum atomic E-state index is 0.459. The molecule has 0 radical (unpaired) electrons. The van der Waals surface area contributed by atoms with Gasteiger partial charge >= 0.3 is 0 Å². The molecule has 3 heteroatoms. The van der Waals surface area contributed by atoms with Gasteiger partial charge in [-0.2, -0.15) is 0 Å². The van der Waals surface area contributed by atoms with Crippen LogP contribution in [0.5, 0.6) is 5.75 Å². The molecule has 21 heavy (non-hydrogen) atoms. The van der Waals surface area contributed by atoms with Crippen molar-refractivity contribution in [3.05, 3.63) is 28.3 Å². The Morgan fingerprint density at radius 3 is 2.76 bits per heavy atom. The van der Waals surface area contributed by atoms with E-state index in [1.807, 2.05) is 7.11 Å². The van der Waals surface area contributed by atoms with Crippen molar-refractivity contribution in [1.82, 2.24) is 4.90 Å². The molecule has 0 saturated carbocycles. The molecule has 0 aromatic heterocycles. The highest BCUT2D eigenvalue weighted by molar-refractivity contribution is 5.52. The van der Waals surface area contributed by atoms with Crippen molar-refractivity contribution in [2.45, 2.75) is 45.1 Å². The summed E-state index contributed by atoms with van der Waals surface area (Å²) < 4.78 is 5.76. The Labute approximate surface area is 128 Å². The molecule has 1 saturated heterocycles. The number of likely N-dealkylation sites (tertiary alicyclic amines) is 1. The molecule has 3 nitrogen and oxygen atoms in total. The first kappa shape index (κ1) is 14.9. The number of rotatable bonds is 3. The molecule has 1 aliphatic heterocycles. The molecule has 2 atom stereocenters. The summed E-state index contributed by atoms with van der Waals surface area (Å²) in [7, 11) is 4.03. The van der Waals surface area contributed by atoms with Crippen LogP contribution in [0, 0.1) is 12.8 Å². The molecule has 116 valence electrons. The summed E-state index contributed by atoms with van der Waals surface area (Å²) in [6.45, 7) is 4.18. The standard InChI is InChI=1S/C18H28N2O/c1-12-15-7-5-4-6-14(15)9-17(21-3)18(12)16-8-13(10-19)11-20(16)2/h9,13,16H,4-8,10-11,19H2,1-3H3. The molecule has 0 spiro atoms. The van der Waals surface area contributed by atoms with Crippen molar-refractivity contribution in [3.8, 4) is 5.75 Å². The van der Waals surface area contributed by atoms with Gasteiger partial charge in [0.1, 0.15) is 5.75 Å². The Balaban J connectivity index is 2.05. The van der Waals surface area contributed by atoms with Crippen molar-refractivity contribution in [2.75, 3.05) is 27.2 Å². The molecule has 1 fully saturated rings. The number of hydrogen-bond donors (Lipinski definition) is 1. The molecule has 2 N–H and O–H groups in total. The van der Waals surface area contributed by atoms with Gasteiger partial charge in [-0.25, -0.2) is 0 Å². The summed E-state index contributed by atoms with van der Waals surface area (Å²) in [4.78, 5) is 2.46. The van der Waals surface area contributed by atoms with Crippen molar-refractivity contribution < 1.29 is 4.74 Å². The highest BCUT2D eigenvalue weighted by atomic mass is 16.5. The van der Waals surface area contributed by atoms with Crippen molar-refractivity contribution in [1.29, 1.82) is 0 Å². The van der Waals surface area contributed by atoms with Gasteiger partial charge in [-0.3, -0.25) is 4.90 Å². The maximum absolute atomic E-state index is 5.90. The minimum absolute atomic E-state index is 0.459. The molecule has 1 aromatic carbocycles. The molecule has 2 unspecified atom stereocenters. The number of fused-ring (bicyclic) bond motifs is 1. The molecule has 0 bridgehead atoms. The first-order valence-electron chi connectivity index (χ1n) is 8.25. The van der Waals surface area contributed by atoms with E-state index in [0.29, 0.717) is 12.0 Å². The Hall–Kier alpha value is -1.06. The zero-order chi connectivity index (χ0) is 15.0. The fourth-order valence-corrected chi connectivity index (χ4v) is 4.30. The zero-order valence-corrected chi connectivity index (χ0v) is 13.6. The number of aryl methyl sites for hydroxylation is 1. The van der Waals surface area contributed by atoms with Crippen LogP contribution in [0.1, 0.15) is 47.6 Å². The number of hydrogen-bond acceptors (Lipinski definition) is 3. The highest BCUT2D eigenvalue weighted by Gasteiger charge is 2.33. The summed E-state index contributed by atoms with van der Waals surface area (Å²) in [5, 5.41) is 0. The zero-order valence-electron chi connectivity index (χ0n) is 13.6. The van der Waals surface area contributed by atoms with Crippen molar-refractivity contribution in [3.63, 3.8) is 0 Å². The van der Waals surface area contributed by atoms with E-state index in [9.17, 15) is 0 Å². The van der Waals surface area contributed by atoms with Crippen LogP contribution in [0.3, 0.4) is 0 Å². The molecule has 0 amide bonds. The van der Waals surface area contributed by atoms with E-state index in [-0.39, 0.29) is 0 Å². The maximum atomic E-state index is 5.90. The van der Waals surface area contributed by atoms with Crippen LogP contribution < -0.4 is 10.5 Å². The largest absolute Gasteiger partial charge is 0.496 e. The first-order chi connectivity index (χ1) is 10.2. The second-order valence-electron chi connectivity index (χ2n) is 6.76. The van der Waals surface area contributed by atoms with Crippen LogP contribution in [-0.4, -0.2) is 32.1 Å². The van der Waals surface area contributed by atoms with E-state index in [0.717, 1.165) is 25.3 Å². The highest BCUT2D eigenvalue weighted by Crippen LogP contribution is 2.43. The summed E-state index contributed by atoms with van der Waals surface area (Å²) >= 11 is 0. The molecular formula is C18H28N2O. The van der Waals surface area contributed by atoms with Gasteiger partial charge in [0.15, 0.2) is 0 Å². The second kappa shape index (κ2) is 5.98. The number of nitrogens with two attached hydrogens (primary N) is 1. The van der Waals surface area contributed by atoms with Gasteiger partial charge in [0, 0.05) is 18.2 Å². The summed E-state index contributed by atoms with van der Waals surface area (Å²) in [6.07, 6.45) is 6.23. The number of ether oxygens (including phenoxy) is 1. The van der Waals surface area contributed by atoms with Crippen LogP contribution in [0.2, 0.25) is 0 Å². The number of methoxy groups -OCH3 is 1. The van der Waals surface area contributed by atoms with E-state index in [2.05, 4.69) is 24.9 Å². The van der Waals surface area contributed by atoms with Crippen LogP contribution >= 0.6 is 0 Å². The van der Waals surface area contributed by atoms with E-state index < -0.39 is 0 Å². The van der Waals surface area contributed by atoms with Gasteiger partial charge < -0.3 is 10.5 Å². The van der Waals surface area contributed by atoms with Gasteiger partial charge in [-0.1, -0.05) is 0 Å². The van der Waals surface area contributed by atoms with Crippen LogP contribution in [0.4, 0.5) is 0 Å². The molecule has 3 rings (SSSR count). The maximum Gasteiger partial charge on any atom is 0.124 e. The third-order valence-corrected chi connectivity index (χ3v) is 5.46. The Bertz CT molecular complexity index is 526. The smallest absolute Gasteiger partial charge is 0.124 e. The van der Waals surface area contributed by atoms with E-state index >= 15 is 0 Å². The predicted octanol–water partition coefficient (Wildman–Crippen LogP) is 2.83. The lowest BCUT2D eigenvalue weighted by molar-refractivity contribution is 0.301. The normalized spacial score (nSPS) is 25.9. The van der Waals surface area contributed by atoms with Crippen molar-refractivity contribution >= 4 is 0 Å². The lowest BCUT2D eigenvalue weighted by atomic mass is 9.83. The third-order valence-electron chi connectivity index (χ3n) is 5.46. The van der Waals surface area contributed by atoms with E-state index in [1.165, 1.54) is 42.4 Å². The number of nitrogens with zero attached hydrogens (tertiary/aromatic N) is 1. The fourth-order valence-electron chi connectivity index (χ4n) is 4.30. The Morgan fingerprint density at radius 1 is 1.33 bits per heavy atom. The average Bonchev–Trinajstić information content (AvgIpc) is 2.88. The topological polar surface area (TPSA) is 38.5 Å². The van der Waals surface area contributed by atoms with Gasteiger partial charge in [0.25, 0.3) is 0 Å². The van der Waals surface area contributed by atoms with Crippen LogP contribution in [0.15, 0.2) is 6.07 Å². The molecule has 1 aromatic rings. The molecule has 1 heterocycles. The van der Waals surface area contributed by atoms with Gasteiger partial charge in [-0.05, 0) is 81.3 Å². The van der Waals surface area contributed by atoms with Crippen molar-refractivity contribution in [2.24, 2.45) is 11.7 Å². The first-order valence-corrected chi connectivity index (χ1v) is 8.25. The molecule has 1 aliphatic carbocycles. The SMILES string of the molecule is COc1cc2c(c(C)c1C1CC(CN)CN1C)CCCC2. The minimum Gasteiger partial charge on any atom is -0.496 e. The van der Waals surface area contributed by atoms with Gasteiger partial charge in [0.05, 0.1) is 7.11 Å². The lowest BCUT2D eigenvalue weighted by Gasteiger charge is -2.28. The van der Waals surface area contributed by atoms with E-state index in [1.54, 1.807) is 5.56 Å². The van der Waals surface area contributed by atoms with Gasteiger partial charge in [-0.15, -0.1) is 0 Å². The van der Waals surface area contributed by atoms with E-state index in [4.69, 9.17) is 10.5 Å². The summed E-state index contributed by atoms with van der Waals surface area (Å²) in [5.74, 6) is 1.70. The molecular weight excluding hydrogens is 260 g/mol. The average molecular weight is 288 g/mol.